The van der Waals surface area contributed by atoms with Gasteiger partial charge in [-0.2, -0.15) is 0 Å². The smallest absolute Gasteiger partial charge is 0.0733 e. The predicted octanol–water partition coefficient (Wildman–Crippen LogP) is 1.47. The first kappa shape index (κ1) is 9.44. The van der Waals surface area contributed by atoms with Crippen molar-refractivity contribution in [1.29, 1.82) is 0 Å². The lowest BCUT2D eigenvalue weighted by Crippen LogP contribution is -2.36. The van der Waals surface area contributed by atoms with Gasteiger partial charge in [-0.15, -0.1) is 0 Å². The van der Waals surface area contributed by atoms with E-state index in [-0.39, 0.29) is 5.41 Å². The zero-order chi connectivity index (χ0) is 9.47. The molecule has 13 heavy (non-hydrogen) atoms. The number of rotatable bonds is 3. The number of hydrogen-bond acceptors (Lipinski definition) is 3. The molecule has 0 aromatic rings. The minimum absolute atomic E-state index is 0.161. The van der Waals surface area contributed by atoms with Gasteiger partial charge in [0.2, 0.25) is 0 Å². The third-order valence-corrected chi connectivity index (χ3v) is 3.57. The fourth-order valence-corrected chi connectivity index (χ4v) is 2.78. The van der Waals surface area contributed by atoms with Crippen molar-refractivity contribution in [3.05, 3.63) is 0 Å². The van der Waals surface area contributed by atoms with Crippen LogP contribution in [0, 0.1) is 11.3 Å². The zero-order valence-electron chi connectivity index (χ0n) is 8.45. The summed E-state index contributed by atoms with van der Waals surface area (Å²) >= 11 is 0. The second-order valence-corrected chi connectivity index (χ2v) is 5.02. The Hall–Kier alpha value is -0.120. The van der Waals surface area contributed by atoms with Crippen LogP contribution >= 0.6 is 0 Å². The minimum atomic E-state index is 0.161. The lowest BCUT2D eigenvalue weighted by molar-refractivity contribution is 0.0000401. The Kier molecular flexibility index (Phi) is 2.34. The molecule has 2 bridgehead atoms. The average molecular weight is 185 g/mol. The van der Waals surface area contributed by atoms with Crippen molar-refractivity contribution in [1.82, 2.24) is 0 Å². The molecule has 76 valence electrons. The molecule has 2 N–H and O–H groups in total. The van der Waals surface area contributed by atoms with Gasteiger partial charge in [-0.05, 0) is 30.6 Å². The van der Waals surface area contributed by atoms with Crippen molar-refractivity contribution in [3.8, 4) is 0 Å². The van der Waals surface area contributed by atoms with E-state index in [1.807, 2.05) is 0 Å². The van der Waals surface area contributed by atoms with Gasteiger partial charge in [0.1, 0.15) is 0 Å². The quantitative estimate of drug-likeness (QED) is 0.677. The van der Waals surface area contributed by atoms with Crippen molar-refractivity contribution in [2.24, 2.45) is 17.2 Å². The molecular formula is C10H19NO2. The van der Waals surface area contributed by atoms with Crippen LogP contribution < -0.4 is 5.90 Å². The standard InChI is InChI=1S/C10H19NO2/c1-10(2,6-12-11)8-5-7-3-4-9(8)13-7/h7-9H,3-6,11H2,1-2H3. The molecule has 3 heteroatoms. The molecule has 0 amide bonds. The van der Waals surface area contributed by atoms with Gasteiger partial charge in [0.25, 0.3) is 0 Å². The molecule has 3 nitrogen and oxygen atoms in total. The highest BCUT2D eigenvalue weighted by Gasteiger charge is 2.47. The van der Waals surface area contributed by atoms with Crippen LogP contribution in [0.1, 0.15) is 33.1 Å². The molecule has 2 saturated heterocycles. The topological polar surface area (TPSA) is 44.5 Å². The van der Waals surface area contributed by atoms with Crippen molar-refractivity contribution in [2.45, 2.75) is 45.3 Å². The molecule has 3 unspecified atom stereocenters. The molecule has 0 aromatic heterocycles. The Bertz CT molecular complexity index is 193. The maximum Gasteiger partial charge on any atom is 0.0733 e. The van der Waals surface area contributed by atoms with Crippen LogP contribution in [-0.4, -0.2) is 18.8 Å². The Morgan fingerprint density at radius 2 is 2.23 bits per heavy atom. The first-order valence-corrected chi connectivity index (χ1v) is 5.10. The molecule has 0 aliphatic carbocycles. The van der Waals surface area contributed by atoms with Crippen molar-refractivity contribution in [2.75, 3.05) is 6.61 Å². The van der Waals surface area contributed by atoms with E-state index in [0.717, 1.165) is 0 Å². The lowest BCUT2D eigenvalue weighted by Gasteiger charge is -2.34. The van der Waals surface area contributed by atoms with E-state index in [2.05, 4.69) is 13.8 Å². The number of hydrogen-bond donors (Lipinski definition) is 1. The molecule has 2 heterocycles. The predicted molar refractivity (Wildman–Crippen MR) is 49.9 cm³/mol. The van der Waals surface area contributed by atoms with Gasteiger partial charge < -0.3 is 9.57 Å². The molecule has 2 fully saturated rings. The third kappa shape index (κ3) is 1.60. The van der Waals surface area contributed by atoms with E-state index in [1.165, 1.54) is 19.3 Å². The Morgan fingerprint density at radius 1 is 1.46 bits per heavy atom. The maximum atomic E-state index is 5.82. The largest absolute Gasteiger partial charge is 0.375 e. The van der Waals surface area contributed by atoms with Crippen molar-refractivity contribution in [3.63, 3.8) is 0 Å². The van der Waals surface area contributed by atoms with Gasteiger partial charge in [-0.1, -0.05) is 13.8 Å². The lowest BCUT2D eigenvalue weighted by atomic mass is 9.71. The fraction of sp³-hybridized carbons (Fsp3) is 1.00. The van der Waals surface area contributed by atoms with Gasteiger partial charge in [0.15, 0.2) is 0 Å². The molecule has 0 saturated carbocycles. The third-order valence-electron chi connectivity index (χ3n) is 3.57. The summed E-state index contributed by atoms with van der Waals surface area (Å²) in [6.45, 7) is 5.06. The highest BCUT2D eigenvalue weighted by molar-refractivity contribution is 4.95. The Morgan fingerprint density at radius 3 is 2.69 bits per heavy atom. The van der Waals surface area contributed by atoms with Crippen LogP contribution in [0.4, 0.5) is 0 Å². The molecule has 0 radical (unpaired) electrons. The summed E-state index contributed by atoms with van der Waals surface area (Å²) in [6, 6.07) is 0. The average Bonchev–Trinajstić information content (AvgIpc) is 2.63. The zero-order valence-corrected chi connectivity index (χ0v) is 8.45. The highest BCUT2D eigenvalue weighted by Crippen LogP contribution is 2.47. The molecule has 0 spiro atoms. The van der Waals surface area contributed by atoms with Gasteiger partial charge in [-0.3, -0.25) is 0 Å². The molecule has 2 rings (SSSR count). The maximum absolute atomic E-state index is 5.82. The van der Waals surface area contributed by atoms with Crippen molar-refractivity contribution < 1.29 is 9.57 Å². The molecule has 3 atom stereocenters. The van der Waals surface area contributed by atoms with Crippen LogP contribution in [0.15, 0.2) is 0 Å². The van der Waals surface area contributed by atoms with E-state index < -0.39 is 0 Å². The summed E-state index contributed by atoms with van der Waals surface area (Å²) in [5.74, 6) is 5.77. The second kappa shape index (κ2) is 3.23. The summed E-state index contributed by atoms with van der Waals surface area (Å²) in [6.07, 6.45) is 4.66. The summed E-state index contributed by atoms with van der Waals surface area (Å²) in [5, 5.41) is 0. The normalized spacial score (nSPS) is 38.5. The Labute approximate surface area is 79.5 Å². The minimum Gasteiger partial charge on any atom is -0.375 e. The van der Waals surface area contributed by atoms with E-state index in [0.29, 0.717) is 24.7 Å². The molecule has 2 aliphatic rings. The van der Waals surface area contributed by atoms with Gasteiger partial charge in [0.05, 0.1) is 18.8 Å². The van der Waals surface area contributed by atoms with Crippen LogP contribution in [0.25, 0.3) is 0 Å². The summed E-state index contributed by atoms with van der Waals surface area (Å²) < 4.78 is 5.82. The van der Waals surface area contributed by atoms with E-state index >= 15 is 0 Å². The van der Waals surface area contributed by atoms with Crippen molar-refractivity contribution >= 4 is 0 Å². The van der Waals surface area contributed by atoms with Gasteiger partial charge >= 0.3 is 0 Å². The van der Waals surface area contributed by atoms with Gasteiger partial charge in [0, 0.05) is 0 Å². The molecule has 0 aromatic carbocycles. The number of nitrogens with two attached hydrogens (primary N) is 1. The summed E-state index contributed by atoms with van der Waals surface area (Å²) in [7, 11) is 0. The first-order chi connectivity index (χ1) is 6.13. The van der Waals surface area contributed by atoms with E-state index in [1.54, 1.807) is 0 Å². The van der Waals surface area contributed by atoms with Crippen LogP contribution in [0.2, 0.25) is 0 Å². The Balaban J connectivity index is 2.01. The number of fused-ring (bicyclic) bond motifs is 2. The van der Waals surface area contributed by atoms with Crippen LogP contribution in [0.5, 0.6) is 0 Å². The molecular weight excluding hydrogens is 166 g/mol. The van der Waals surface area contributed by atoms with Gasteiger partial charge in [-0.25, -0.2) is 5.90 Å². The summed E-state index contributed by atoms with van der Waals surface area (Å²) in [5.41, 5.74) is 0.161. The number of ether oxygens (including phenoxy) is 1. The fourth-order valence-electron chi connectivity index (χ4n) is 2.78. The van der Waals surface area contributed by atoms with Crippen LogP contribution in [-0.2, 0) is 9.57 Å². The highest BCUT2D eigenvalue weighted by atomic mass is 16.6. The molecule has 2 aliphatic heterocycles. The first-order valence-electron chi connectivity index (χ1n) is 5.10. The van der Waals surface area contributed by atoms with E-state index in [9.17, 15) is 0 Å². The monoisotopic (exact) mass is 185 g/mol. The summed E-state index contributed by atoms with van der Waals surface area (Å²) in [4.78, 5) is 4.77. The van der Waals surface area contributed by atoms with Crippen LogP contribution in [0.3, 0.4) is 0 Å². The van der Waals surface area contributed by atoms with E-state index in [4.69, 9.17) is 15.5 Å². The SMILES string of the molecule is CC(C)(CON)C1CC2CCC1O2. The second-order valence-electron chi connectivity index (χ2n) is 5.02.